The highest BCUT2D eigenvalue weighted by molar-refractivity contribution is 7.98. The molecular weight excluding hydrogens is 272 g/mol. The standard InChI is InChI=1S/C13H22N6S/c1-5-10-6-11(18(4)17-10)8-20-13-16-15-12(7-14)19(13)9(2)3/h6,9H,5,7-8,14H2,1-4H3. The topological polar surface area (TPSA) is 74.5 Å². The molecule has 0 spiro atoms. The molecule has 110 valence electrons. The van der Waals surface area contributed by atoms with Gasteiger partial charge in [-0.05, 0) is 26.3 Å². The number of thioether (sulfide) groups is 1. The molecule has 2 N–H and O–H groups in total. The normalized spacial score (nSPS) is 11.5. The van der Waals surface area contributed by atoms with Gasteiger partial charge in [0.15, 0.2) is 5.16 Å². The fourth-order valence-electron chi connectivity index (χ4n) is 2.08. The maximum atomic E-state index is 5.71. The molecule has 0 atom stereocenters. The van der Waals surface area contributed by atoms with Crippen LogP contribution in [0.1, 0.15) is 44.0 Å². The molecule has 0 unspecified atom stereocenters. The summed E-state index contributed by atoms with van der Waals surface area (Å²) < 4.78 is 4.04. The summed E-state index contributed by atoms with van der Waals surface area (Å²) in [5.74, 6) is 1.67. The fourth-order valence-corrected chi connectivity index (χ4v) is 3.18. The number of nitrogens with two attached hydrogens (primary N) is 1. The highest BCUT2D eigenvalue weighted by Gasteiger charge is 2.15. The highest BCUT2D eigenvalue weighted by atomic mass is 32.2. The largest absolute Gasteiger partial charge is 0.324 e. The van der Waals surface area contributed by atoms with Gasteiger partial charge in [0.1, 0.15) is 5.82 Å². The second-order valence-corrected chi connectivity index (χ2v) is 5.90. The van der Waals surface area contributed by atoms with E-state index >= 15 is 0 Å². The van der Waals surface area contributed by atoms with Gasteiger partial charge in [-0.2, -0.15) is 5.10 Å². The fraction of sp³-hybridized carbons (Fsp3) is 0.615. The van der Waals surface area contributed by atoms with Gasteiger partial charge in [-0.25, -0.2) is 0 Å². The smallest absolute Gasteiger partial charge is 0.191 e. The molecule has 0 radical (unpaired) electrons. The molecule has 2 rings (SSSR count). The van der Waals surface area contributed by atoms with Crippen LogP contribution in [0, 0.1) is 0 Å². The lowest BCUT2D eigenvalue weighted by Crippen LogP contribution is -2.11. The van der Waals surface area contributed by atoms with Gasteiger partial charge in [-0.1, -0.05) is 18.7 Å². The lowest BCUT2D eigenvalue weighted by molar-refractivity contribution is 0.526. The zero-order valence-corrected chi connectivity index (χ0v) is 13.3. The molecule has 0 fully saturated rings. The molecule has 2 heterocycles. The Kier molecular flexibility index (Phi) is 4.82. The molecule has 2 aromatic rings. The van der Waals surface area contributed by atoms with Crippen molar-refractivity contribution in [2.24, 2.45) is 12.8 Å². The third-order valence-electron chi connectivity index (χ3n) is 3.17. The summed E-state index contributed by atoms with van der Waals surface area (Å²) in [7, 11) is 1.98. The zero-order valence-electron chi connectivity index (χ0n) is 12.5. The first-order valence-electron chi connectivity index (χ1n) is 6.85. The average molecular weight is 294 g/mol. The number of aromatic nitrogens is 5. The Balaban J connectivity index is 2.14. The van der Waals surface area contributed by atoms with Gasteiger partial charge in [0.05, 0.1) is 12.2 Å². The van der Waals surface area contributed by atoms with Gasteiger partial charge in [0.2, 0.25) is 0 Å². The molecule has 0 aliphatic carbocycles. The molecular formula is C13H22N6S. The SMILES string of the molecule is CCc1cc(CSc2nnc(CN)n2C(C)C)n(C)n1. The minimum absolute atomic E-state index is 0.309. The van der Waals surface area contributed by atoms with E-state index in [1.54, 1.807) is 11.8 Å². The highest BCUT2D eigenvalue weighted by Crippen LogP contribution is 2.25. The van der Waals surface area contributed by atoms with Crippen LogP contribution in [-0.4, -0.2) is 24.5 Å². The van der Waals surface area contributed by atoms with Crippen molar-refractivity contribution in [2.45, 2.75) is 50.7 Å². The van der Waals surface area contributed by atoms with Crippen molar-refractivity contribution >= 4 is 11.8 Å². The maximum absolute atomic E-state index is 5.71. The molecule has 6 nitrogen and oxygen atoms in total. The van der Waals surface area contributed by atoms with E-state index in [-0.39, 0.29) is 0 Å². The second-order valence-electron chi connectivity index (χ2n) is 4.96. The van der Waals surface area contributed by atoms with Gasteiger partial charge >= 0.3 is 0 Å². The summed E-state index contributed by atoms with van der Waals surface area (Å²) in [4.78, 5) is 0. The van der Waals surface area contributed by atoms with E-state index in [0.29, 0.717) is 12.6 Å². The van der Waals surface area contributed by atoms with Crippen LogP contribution in [0.25, 0.3) is 0 Å². The van der Waals surface area contributed by atoms with Gasteiger partial charge in [-0.3, -0.25) is 4.68 Å². The van der Waals surface area contributed by atoms with Crippen LogP contribution in [0.15, 0.2) is 11.2 Å². The second kappa shape index (κ2) is 6.41. The zero-order chi connectivity index (χ0) is 14.7. The molecule has 20 heavy (non-hydrogen) atoms. The van der Waals surface area contributed by atoms with Crippen LogP contribution in [0.3, 0.4) is 0 Å². The van der Waals surface area contributed by atoms with E-state index in [1.807, 2.05) is 11.7 Å². The molecule has 0 bridgehead atoms. The van der Waals surface area contributed by atoms with E-state index in [1.165, 1.54) is 5.69 Å². The molecule has 0 aliphatic rings. The molecule has 0 saturated carbocycles. The van der Waals surface area contributed by atoms with Gasteiger partial charge in [-0.15, -0.1) is 10.2 Å². The van der Waals surface area contributed by atoms with Crippen molar-refractivity contribution in [1.82, 2.24) is 24.5 Å². The van der Waals surface area contributed by atoms with Crippen molar-refractivity contribution in [3.63, 3.8) is 0 Å². The van der Waals surface area contributed by atoms with Crippen molar-refractivity contribution in [3.8, 4) is 0 Å². The Bertz CT molecular complexity index is 571. The van der Waals surface area contributed by atoms with Crippen LogP contribution in [-0.2, 0) is 25.8 Å². The van der Waals surface area contributed by atoms with Gasteiger partial charge in [0.25, 0.3) is 0 Å². The van der Waals surface area contributed by atoms with E-state index in [2.05, 4.69) is 46.7 Å². The summed E-state index contributed by atoms with van der Waals surface area (Å²) >= 11 is 1.68. The molecule has 2 aromatic heterocycles. The predicted molar refractivity (Wildman–Crippen MR) is 80.4 cm³/mol. The first-order chi connectivity index (χ1) is 9.56. The monoisotopic (exact) mass is 294 g/mol. The van der Waals surface area contributed by atoms with Crippen LogP contribution in [0.5, 0.6) is 0 Å². The summed E-state index contributed by atoms with van der Waals surface area (Å²) in [5, 5.41) is 13.8. The predicted octanol–water partition coefficient (Wildman–Crippen LogP) is 1.91. The third-order valence-corrected chi connectivity index (χ3v) is 4.15. The van der Waals surface area contributed by atoms with E-state index in [0.717, 1.165) is 28.8 Å². The Morgan fingerprint density at radius 1 is 1.35 bits per heavy atom. The van der Waals surface area contributed by atoms with E-state index < -0.39 is 0 Å². The number of aryl methyl sites for hydroxylation is 2. The molecule has 0 amide bonds. The number of nitrogens with zero attached hydrogens (tertiary/aromatic N) is 5. The van der Waals surface area contributed by atoms with E-state index in [4.69, 9.17) is 5.73 Å². The van der Waals surface area contributed by atoms with Gasteiger partial charge in [0, 0.05) is 24.5 Å². The van der Waals surface area contributed by atoms with Crippen molar-refractivity contribution < 1.29 is 0 Å². The number of hydrogen-bond acceptors (Lipinski definition) is 5. The summed E-state index contributed by atoms with van der Waals surface area (Å²) in [5.41, 5.74) is 8.02. The molecule has 7 heteroatoms. The number of hydrogen-bond donors (Lipinski definition) is 1. The maximum Gasteiger partial charge on any atom is 0.191 e. The quantitative estimate of drug-likeness (QED) is 0.824. The lowest BCUT2D eigenvalue weighted by atomic mass is 10.3. The Morgan fingerprint density at radius 3 is 2.65 bits per heavy atom. The lowest BCUT2D eigenvalue weighted by Gasteiger charge is -2.12. The minimum atomic E-state index is 0.309. The van der Waals surface area contributed by atoms with Crippen molar-refractivity contribution in [1.29, 1.82) is 0 Å². The first kappa shape index (κ1) is 15.1. The average Bonchev–Trinajstić information content (AvgIpc) is 2.99. The van der Waals surface area contributed by atoms with Gasteiger partial charge < -0.3 is 10.3 Å². The van der Waals surface area contributed by atoms with E-state index in [9.17, 15) is 0 Å². The summed E-state index contributed by atoms with van der Waals surface area (Å²) in [6.07, 6.45) is 0.956. The third kappa shape index (κ3) is 3.04. The Morgan fingerprint density at radius 2 is 2.10 bits per heavy atom. The van der Waals surface area contributed by atoms with Crippen LogP contribution in [0.4, 0.5) is 0 Å². The number of rotatable bonds is 6. The minimum Gasteiger partial charge on any atom is -0.324 e. The van der Waals surface area contributed by atoms with Crippen molar-refractivity contribution in [3.05, 3.63) is 23.3 Å². The van der Waals surface area contributed by atoms with Crippen LogP contribution < -0.4 is 5.73 Å². The van der Waals surface area contributed by atoms with Crippen molar-refractivity contribution in [2.75, 3.05) is 0 Å². The first-order valence-corrected chi connectivity index (χ1v) is 7.83. The molecule has 0 aromatic carbocycles. The Hall–Kier alpha value is -1.34. The molecule has 0 aliphatic heterocycles. The summed E-state index contributed by atoms with van der Waals surface area (Å²) in [6.45, 7) is 6.76. The summed E-state index contributed by atoms with van der Waals surface area (Å²) in [6, 6.07) is 2.45. The van der Waals surface area contributed by atoms with Crippen LogP contribution in [0.2, 0.25) is 0 Å². The Labute approximate surface area is 123 Å². The van der Waals surface area contributed by atoms with Crippen LogP contribution >= 0.6 is 11.8 Å². The molecule has 0 saturated heterocycles.